The Bertz CT molecular complexity index is 1030. The SMILES string of the molecule is Cc1c(C(=O)Nc2ccc(OC3CCOC3)cc2)cnn1-c1ccc(F)cc1F. The molecule has 1 N–H and O–H groups in total. The third-order valence-corrected chi connectivity index (χ3v) is 4.70. The minimum absolute atomic E-state index is 0.0517. The molecule has 1 fully saturated rings. The molecule has 1 aromatic heterocycles. The number of ether oxygens (including phenoxy) is 2. The summed E-state index contributed by atoms with van der Waals surface area (Å²) in [6, 6.07) is 10.2. The van der Waals surface area contributed by atoms with Crippen LogP contribution >= 0.6 is 0 Å². The van der Waals surface area contributed by atoms with Crippen LogP contribution in [0, 0.1) is 18.6 Å². The largest absolute Gasteiger partial charge is 0.488 e. The smallest absolute Gasteiger partial charge is 0.259 e. The molecular formula is C21H19F2N3O3. The van der Waals surface area contributed by atoms with Crippen LogP contribution in [0.3, 0.4) is 0 Å². The van der Waals surface area contributed by atoms with Gasteiger partial charge in [0.1, 0.15) is 23.4 Å². The van der Waals surface area contributed by atoms with Crippen LogP contribution in [0.15, 0.2) is 48.7 Å². The van der Waals surface area contributed by atoms with Gasteiger partial charge < -0.3 is 14.8 Å². The van der Waals surface area contributed by atoms with Gasteiger partial charge in [0, 0.05) is 18.2 Å². The van der Waals surface area contributed by atoms with Crippen LogP contribution in [0.1, 0.15) is 22.5 Å². The van der Waals surface area contributed by atoms with Crippen molar-refractivity contribution in [3.63, 3.8) is 0 Å². The van der Waals surface area contributed by atoms with E-state index in [2.05, 4.69) is 10.4 Å². The van der Waals surface area contributed by atoms with Gasteiger partial charge in [-0.15, -0.1) is 0 Å². The van der Waals surface area contributed by atoms with Gasteiger partial charge in [0.2, 0.25) is 0 Å². The molecule has 0 saturated carbocycles. The summed E-state index contributed by atoms with van der Waals surface area (Å²) in [7, 11) is 0. The molecule has 2 heterocycles. The van der Waals surface area contributed by atoms with Gasteiger partial charge in [-0.3, -0.25) is 4.79 Å². The topological polar surface area (TPSA) is 65.4 Å². The first kappa shape index (κ1) is 19.1. The van der Waals surface area contributed by atoms with Crippen molar-refractivity contribution in [2.24, 2.45) is 0 Å². The molecule has 8 heteroatoms. The number of halogens is 2. The molecule has 0 spiro atoms. The highest BCUT2D eigenvalue weighted by Crippen LogP contribution is 2.22. The molecule has 1 aliphatic heterocycles. The highest BCUT2D eigenvalue weighted by molar-refractivity contribution is 6.05. The summed E-state index contributed by atoms with van der Waals surface area (Å²) in [6.45, 7) is 2.93. The van der Waals surface area contributed by atoms with Gasteiger partial charge in [-0.2, -0.15) is 5.10 Å². The van der Waals surface area contributed by atoms with Crippen LogP contribution in [0.2, 0.25) is 0 Å². The summed E-state index contributed by atoms with van der Waals surface area (Å²) in [5.41, 5.74) is 1.39. The summed E-state index contributed by atoms with van der Waals surface area (Å²) in [5, 5.41) is 6.85. The predicted octanol–water partition coefficient (Wildman–Crippen LogP) is 3.88. The fourth-order valence-corrected chi connectivity index (χ4v) is 3.14. The van der Waals surface area contributed by atoms with E-state index in [4.69, 9.17) is 9.47 Å². The number of benzene rings is 2. The van der Waals surface area contributed by atoms with Crippen molar-refractivity contribution >= 4 is 11.6 Å². The predicted molar refractivity (Wildman–Crippen MR) is 102 cm³/mol. The number of hydrogen-bond donors (Lipinski definition) is 1. The van der Waals surface area contributed by atoms with Gasteiger partial charge in [-0.1, -0.05) is 0 Å². The first-order valence-corrected chi connectivity index (χ1v) is 9.17. The second-order valence-corrected chi connectivity index (χ2v) is 6.73. The Morgan fingerprint density at radius 1 is 1.24 bits per heavy atom. The number of anilines is 1. The van der Waals surface area contributed by atoms with E-state index in [1.54, 1.807) is 31.2 Å². The van der Waals surface area contributed by atoms with E-state index in [-0.39, 0.29) is 23.3 Å². The molecule has 150 valence electrons. The molecule has 0 aliphatic carbocycles. The lowest BCUT2D eigenvalue weighted by Crippen LogP contribution is -2.16. The zero-order valence-electron chi connectivity index (χ0n) is 15.7. The van der Waals surface area contributed by atoms with E-state index in [1.165, 1.54) is 16.9 Å². The zero-order valence-corrected chi connectivity index (χ0v) is 15.7. The Morgan fingerprint density at radius 2 is 2.03 bits per heavy atom. The lowest BCUT2D eigenvalue weighted by Gasteiger charge is -2.12. The van der Waals surface area contributed by atoms with Crippen molar-refractivity contribution < 1.29 is 23.0 Å². The molecule has 0 radical (unpaired) electrons. The molecule has 1 atom stereocenters. The van der Waals surface area contributed by atoms with Gasteiger partial charge in [-0.25, -0.2) is 13.5 Å². The van der Waals surface area contributed by atoms with Crippen molar-refractivity contribution in [1.82, 2.24) is 9.78 Å². The third kappa shape index (κ3) is 4.12. The molecule has 3 aromatic rings. The molecule has 29 heavy (non-hydrogen) atoms. The van der Waals surface area contributed by atoms with E-state index in [0.29, 0.717) is 30.3 Å². The van der Waals surface area contributed by atoms with E-state index < -0.39 is 11.6 Å². The maximum Gasteiger partial charge on any atom is 0.259 e. The number of rotatable bonds is 5. The molecule has 1 unspecified atom stereocenters. The highest BCUT2D eigenvalue weighted by atomic mass is 19.1. The van der Waals surface area contributed by atoms with Crippen molar-refractivity contribution in [1.29, 1.82) is 0 Å². The van der Waals surface area contributed by atoms with Crippen LogP contribution < -0.4 is 10.1 Å². The van der Waals surface area contributed by atoms with Crippen LogP contribution in [0.4, 0.5) is 14.5 Å². The maximum atomic E-state index is 14.0. The average Bonchev–Trinajstić information content (AvgIpc) is 3.33. The van der Waals surface area contributed by atoms with E-state index >= 15 is 0 Å². The lowest BCUT2D eigenvalue weighted by molar-refractivity contribution is 0.102. The minimum Gasteiger partial charge on any atom is -0.488 e. The van der Waals surface area contributed by atoms with Crippen LogP contribution in [0.5, 0.6) is 5.75 Å². The van der Waals surface area contributed by atoms with Crippen molar-refractivity contribution in [3.8, 4) is 11.4 Å². The van der Waals surface area contributed by atoms with E-state index in [1.807, 2.05) is 0 Å². The number of amides is 1. The van der Waals surface area contributed by atoms with Crippen molar-refractivity contribution in [3.05, 3.63) is 71.6 Å². The number of carbonyl (C=O) groups excluding carboxylic acids is 1. The lowest BCUT2D eigenvalue weighted by atomic mass is 10.2. The average molecular weight is 399 g/mol. The molecule has 4 rings (SSSR count). The first-order chi connectivity index (χ1) is 14.0. The minimum atomic E-state index is -0.758. The Morgan fingerprint density at radius 3 is 2.72 bits per heavy atom. The fraction of sp³-hybridized carbons (Fsp3) is 0.238. The van der Waals surface area contributed by atoms with Gasteiger partial charge in [-0.05, 0) is 43.3 Å². The van der Waals surface area contributed by atoms with Gasteiger partial charge in [0.15, 0.2) is 5.82 Å². The van der Waals surface area contributed by atoms with Gasteiger partial charge >= 0.3 is 0 Å². The molecular weight excluding hydrogens is 380 g/mol. The number of nitrogens with one attached hydrogen (secondary N) is 1. The van der Waals surface area contributed by atoms with E-state index in [9.17, 15) is 13.6 Å². The number of hydrogen-bond acceptors (Lipinski definition) is 4. The van der Waals surface area contributed by atoms with Crippen molar-refractivity contribution in [2.45, 2.75) is 19.4 Å². The maximum absolute atomic E-state index is 14.0. The molecule has 0 bridgehead atoms. The Balaban J connectivity index is 1.46. The van der Waals surface area contributed by atoms with Gasteiger partial charge in [0.05, 0.1) is 30.7 Å². The van der Waals surface area contributed by atoms with Crippen molar-refractivity contribution in [2.75, 3.05) is 18.5 Å². The van der Waals surface area contributed by atoms with Crippen LogP contribution in [-0.2, 0) is 4.74 Å². The molecule has 1 amide bonds. The van der Waals surface area contributed by atoms with Crippen LogP contribution in [-0.4, -0.2) is 35.0 Å². The summed E-state index contributed by atoms with van der Waals surface area (Å²) in [4.78, 5) is 12.6. The zero-order chi connectivity index (χ0) is 20.4. The standard InChI is InChI=1S/C21H19F2N3O3/c1-13-18(11-24-26(13)20-7-2-14(22)10-19(20)23)21(27)25-15-3-5-16(6-4-15)29-17-8-9-28-12-17/h2-7,10-11,17H,8-9,12H2,1H3,(H,25,27). The Hall–Kier alpha value is -3.26. The first-order valence-electron chi connectivity index (χ1n) is 9.17. The molecule has 1 aliphatic rings. The molecule has 1 saturated heterocycles. The highest BCUT2D eigenvalue weighted by Gasteiger charge is 2.19. The monoisotopic (exact) mass is 399 g/mol. The Labute approximate surface area is 166 Å². The number of nitrogens with zero attached hydrogens (tertiary/aromatic N) is 2. The summed E-state index contributed by atoms with van der Waals surface area (Å²) in [6.07, 6.45) is 2.26. The normalized spacial score (nSPS) is 16.0. The molecule has 2 aromatic carbocycles. The summed E-state index contributed by atoms with van der Waals surface area (Å²) >= 11 is 0. The quantitative estimate of drug-likeness (QED) is 0.707. The fourth-order valence-electron chi connectivity index (χ4n) is 3.14. The second kappa shape index (κ2) is 8.00. The van der Waals surface area contributed by atoms with Crippen LogP contribution in [0.25, 0.3) is 5.69 Å². The number of carbonyl (C=O) groups is 1. The second-order valence-electron chi connectivity index (χ2n) is 6.73. The third-order valence-electron chi connectivity index (χ3n) is 4.70. The summed E-state index contributed by atoms with van der Waals surface area (Å²) < 4.78 is 39.5. The molecule has 6 nitrogen and oxygen atoms in total. The number of aromatic nitrogens is 2. The summed E-state index contributed by atoms with van der Waals surface area (Å²) in [5.74, 6) is -1.11. The Kier molecular flexibility index (Phi) is 5.26. The van der Waals surface area contributed by atoms with E-state index in [0.717, 1.165) is 18.6 Å². The van der Waals surface area contributed by atoms with Gasteiger partial charge in [0.25, 0.3) is 5.91 Å².